The molecule has 4 unspecified atom stereocenters. The molecule has 0 aromatic heterocycles. The van der Waals surface area contributed by atoms with Gasteiger partial charge in [-0.25, -0.2) is 0 Å². The minimum atomic E-state index is -0.760. The SMILES string of the molecule is CC1(C)C2OCCCC2C1(N)C(=O)NCC1CCSC1. The van der Waals surface area contributed by atoms with Crippen LogP contribution < -0.4 is 11.1 Å². The second-order valence-electron chi connectivity index (χ2n) is 7.07. The minimum absolute atomic E-state index is 0.0335. The van der Waals surface area contributed by atoms with Crippen LogP contribution in [-0.2, 0) is 9.53 Å². The van der Waals surface area contributed by atoms with Crippen LogP contribution in [0.2, 0.25) is 0 Å². The molecule has 1 saturated carbocycles. The number of ether oxygens (including phenoxy) is 1. The predicted octanol–water partition coefficient (Wildman–Crippen LogP) is 1.39. The average molecular weight is 298 g/mol. The Labute approximate surface area is 125 Å². The number of amides is 1. The van der Waals surface area contributed by atoms with Crippen LogP contribution in [0.25, 0.3) is 0 Å². The van der Waals surface area contributed by atoms with Gasteiger partial charge in [-0.1, -0.05) is 13.8 Å². The van der Waals surface area contributed by atoms with Crippen molar-refractivity contribution in [2.45, 2.75) is 44.8 Å². The summed E-state index contributed by atoms with van der Waals surface area (Å²) in [5.74, 6) is 3.22. The highest BCUT2D eigenvalue weighted by Gasteiger charge is 2.70. The topological polar surface area (TPSA) is 64.3 Å². The number of carbonyl (C=O) groups is 1. The molecule has 2 saturated heterocycles. The number of fused-ring (bicyclic) bond motifs is 1. The van der Waals surface area contributed by atoms with Gasteiger partial charge in [0.05, 0.1) is 6.10 Å². The lowest BCUT2D eigenvalue weighted by atomic mass is 9.46. The minimum Gasteiger partial charge on any atom is -0.377 e. The molecule has 114 valence electrons. The molecule has 3 N–H and O–H groups in total. The highest BCUT2D eigenvalue weighted by Crippen LogP contribution is 2.57. The third kappa shape index (κ3) is 2.01. The van der Waals surface area contributed by atoms with E-state index in [2.05, 4.69) is 19.2 Å². The molecule has 1 amide bonds. The zero-order chi connectivity index (χ0) is 14.4. The largest absolute Gasteiger partial charge is 0.377 e. The fraction of sp³-hybridized carbons (Fsp3) is 0.933. The molecule has 1 aliphatic carbocycles. The van der Waals surface area contributed by atoms with E-state index >= 15 is 0 Å². The number of carbonyl (C=O) groups excluding carboxylic acids is 1. The van der Waals surface area contributed by atoms with Crippen molar-refractivity contribution in [3.05, 3.63) is 0 Å². The first-order chi connectivity index (χ1) is 9.48. The maximum absolute atomic E-state index is 12.7. The quantitative estimate of drug-likeness (QED) is 0.826. The van der Waals surface area contributed by atoms with Gasteiger partial charge < -0.3 is 15.8 Å². The molecule has 0 spiro atoms. The molecule has 0 radical (unpaired) electrons. The molecule has 3 aliphatic rings. The van der Waals surface area contributed by atoms with E-state index in [1.807, 2.05) is 11.8 Å². The van der Waals surface area contributed by atoms with Crippen molar-refractivity contribution < 1.29 is 9.53 Å². The number of hydrogen-bond acceptors (Lipinski definition) is 4. The van der Waals surface area contributed by atoms with Gasteiger partial charge in [-0.3, -0.25) is 4.79 Å². The summed E-state index contributed by atoms with van der Waals surface area (Å²) in [6, 6.07) is 0. The Bertz CT molecular complexity index is 395. The molecule has 3 rings (SSSR count). The summed E-state index contributed by atoms with van der Waals surface area (Å²) in [6.07, 6.45) is 3.38. The molecule has 2 heterocycles. The van der Waals surface area contributed by atoms with Crippen LogP contribution in [0.3, 0.4) is 0 Å². The summed E-state index contributed by atoms with van der Waals surface area (Å²) in [4.78, 5) is 12.7. The fourth-order valence-corrected chi connectivity index (χ4v) is 5.45. The van der Waals surface area contributed by atoms with Crippen molar-refractivity contribution in [1.82, 2.24) is 5.32 Å². The molecule has 3 fully saturated rings. The number of nitrogens with two attached hydrogens (primary N) is 1. The van der Waals surface area contributed by atoms with Gasteiger partial charge in [-0.05, 0) is 36.7 Å². The van der Waals surface area contributed by atoms with E-state index in [0.717, 1.165) is 31.7 Å². The Kier molecular flexibility index (Phi) is 3.80. The Morgan fingerprint density at radius 1 is 1.45 bits per heavy atom. The van der Waals surface area contributed by atoms with Gasteiger partial charge in [0, 0.05) is 24.5 Å². The second-order valence-corrected chi connectivity index (χ2v) is 8.22. The third-order valence-corrected chi connectivity index (χ3v) is 6.87. The highest BCUT2D eigenvalue weighted by molar-refractivity contribution is 7.99. The monoisotopic (exact) mass is 298 g/mol. The summed E-state index contributed by atoms with van der Waals surface area (Å²) in [7, 11) is 0. The Morgan fingerprint density at radius 2 is 2.25 bits per heavy atom. The van der Waals surface area contributed by atoms with E-state index in [0.29, 0.717) is 5.92 Å². The maximum atomic E-state index is 12.7. The predicted molar refractivity (Wildman–Crippen MR) is 81.6 cm³/mol. The Morgan fingerprint density at radius 3 is 2.95 bits per heavy atom. The second kappa shape index (κ2) is 5.18. The smallest absolute Gasteiger partial charge is 0.241 e. The summed E-state index contributed by atoms with van der Waals surface area (Å²) in [5, 5.41) is 3.12. The van der Waals surface area contributed by atoms with Crippen LogP contribution in [0.1, 0.15) is 33.1 Å². The Balaban J connectivity index is 1.65. The molecular weight excluding hydrogens is 272 g/mol. The van der Waals surface area contributed by atoms with Gasteiger partial charge in [-0.15, -0.1) is 0 Å². The summed E-state index contributed by atoms with van der Waals surface area (Å²) in [5.41, 5.74) is 5.53. The van der Waals surface area contributed by atoms with Gasteiger partial charge in [0.1, 0.15) is 5.54 Å². The molecule has 4 atom stereocenters. The lowest BCUT2D eigenvalue weighted by Crippen LogP contribution is -2.82. The van der Waals surface area contributed by atoms with Crippen LogP contribution in [0, 0.1) is 17.3 Å². The van der Waals surface area contributed by atoms with Crippen molar-refractivity contribution in [1.29, 1.82) is 0 Å². The molecule has 4 nitrogen and oxygen atoms in total. The van der Waals surface area contributed by atoms with Crippen LogP contribution in [0.4, 0.5) is 0 Å². The van der Waals surface area contributed by atoms with Crippen molar-refractivity contribution in [3.63, 3.8) is 0 Å². The highest BCUT2D eigenvalue weighted by atomic mass is 32.2. The van der Waals surface area contributed by atoms with Gasteiger partial charge in [0.2, 0.25) is 5.91 Å². The normalized spacial score (nSPS) is 42.6. The Hall–Kier alpha value is -0.260. The van der Waals surface area contributed by atoms with Gasteiger partial charge in [0.15, 0.2) is 0 Å². The van der Waals surface area contributed by atoms with E-state index in [9.17, 15) is 4.79 Å². The molecule has 0 bridgehead atoms. The van der Waals surface area contributed by atoms with Gasteiger partial charge in [-0.2, -0.15) is 11.8 Å². The number of thioether (sulfide) groups is 1. The van der Waals surface area contributed by atoms with E-state index in [1.165, 1.54) is 12.2 Å². The van der Waals surface area contributed by atoms with E-state index in [-0.39, 0.29) is 23.3 Å². The third-order valence-electron chi connectivity index (χ3n) is 5.64. The number of rotatable bonds is 3. The number of hydrogen-bond donors (Lipinski definition) is 2. The summed E-state index contributed by atoms with van der Waals surface area (Å²) >= 11 is 1.98. The first-order valence-electron chi connectivity index (χ1n) is 7.74. The van der Waals surface area contributed by atoms with Crippen molar-refractivity contribution in [2.75, 3.05) is 24.7 Å². The van der Waals surface area contributed by atoms with Gasteiger partial charge in [0.25, 0.3) is 0 Å². The first-order valence-corrected chi connectivity index (χ1v) is 8.90. The lowest BCUT2D eigenvalue weighted by molar-refractivity contribution is -0.225. The standard InChI is InChI=1S/C15H26N2O2S/c1-14(2)12-11(4-3-6-19-12)15(14,16)13(18)17-8-10-5-7-20-9-10/h10-12H,3-9,16H2,1-2H3,(H,17,18). The fourth-order valence-electron chi connectivity index (χ4n) is 4.16. The van der Waals surface area contributed by atoms with Crippen molar-refractivity contribution in [3.8, 4) is 0 Å². The van der Waals surface area contributed by atoms with E-state index in [1.54, 1.807) is 0 Å². The molecule has 2 aliphatic heterocycles. The number of nitrogens with one attached hydrogen (secondary N) is 1. The summed E-state index contributed by atoms with van der Waals surface area (Å²) in [6.45, 7) is 5.73. The molecule has 0 aromatic rings. The van der Waals surface area contributed by atoms with E-state index < -0.39 is 5.54 Å². The molecule has 5 heteroatoms. The first kappa shape index (κ1) is 14.7. The zero-order valence-electron chi connectivity index (χ0n) is 12.5. The van der Waals surface area contributed by atoms with Crippen LogP contribution in [-0.4, -0.2) is 42.2 Å². The van der Waals surface area contributed by atoms with Crippen molar-refractivity contribution in [2.24, 2.45) is 23.0 Å². The average Bonchev–Trinajstić information content (AvgIpc) is 2.97. The van der Waals surface area contributed by atoms with Crippen LogP contribution in [0.5, 0.6) is 0 Å². The molecule has 0 aromatic carbocycles. The molecular formula is C15H26N2O2S. The van der Waals surface area contributed by atoms with Gasteiger partial charge >= 0.3 is 0 Å². The lowest BCUT2D eigenvalue weighted by Gasteiger charge is -2.65. The zero-order valence-corrected chi connectivity index (χ0v) is 13.3. The van der Waals surface area contributed by atoms with Crippen LogP contribution in [0.15, 0.2) is 0 Å². The summed E-state index contributed by atoms with van der Waals surface area (Å²) < 4.78 is 5.85. The van der Waals surface area contributed by atoms with Crippen LogP contribution >= 0.6 is 11.8 Å². The van der Waals surface area contributed by atoms with Crippen molar-refractivity contribution >= 4 is 17.7 Å². The maximum Gasteiger partial charge on any atom is 0.241 e. The molecule has 20 heavy (non-hydrogen) atoms. The van der Waals surface area contributed by atoms with E-state index in [4.69, 9.17) is 10.5 Å².